The molecular formula is C20H20F2N4O3. The predicted octanol–water partition coefficient (Wildman–Crippen LogP) is 3.11. The molecule has 2 N–H and O–H groups in total. The molecule has 1 saturated carbocycles. The summed E-state index contributed by atoms with van der Waals surface area (Å²) >= 11 is 0. The lowest BCUT2D eigenvalue weighted by atomic mass is 9.93. The van der Waals surface area contributed by atoms with Crippen LogP contribution in [0.4, 0.5) is 14.7 Å². The van der Waals surface area contributed by atoms with Gasteiger partial charge in [0.15, 0.2) is 17.3 Å². The summed E-state index contributed by atoms with van der Waals surface area (Å²) in [5, 5.41) is 13.4. The van der Waals surface area contributed by atoms with E-state index < -0.39 is 17.2 Å². The van der Waals surface area contributed by atoms with E-state index in [2.05, 4.69) is 15.3 Å². The minimum Gasteiger partial charge on any atom is -0.448 e. The Hall–Kier alpha value is -3.07. The fraction of sp³-hybridized carbons (Fsp3) is 0.350. The van der Waals surface area contributed by atoms with Crippen LogP contribution in [0.2, 0.25) is 0 Å². The molecule has 0 unspecified atom stereocenters. The molecule has 2 aromatic heterocycles. The Morgan fingerprint density at radius 1 is 1.17 bits per heavy atom. The number of aromatic nitrogens is 3. The van der Waals surface area contributed by atoms with Gasteiger partial charge in [-0.25, -0.2) is 13.8 Å². The van der Waals surface area contributed by atoms with E-state index in [1.807, 2.05) is 0 Å². The van der Waals surface area contributed by atoms with E-state index in [1.54, 1.807) is 6.20 Å². The van der Waals surface area contributed by atoms with Crippen molar-refractivity contribution in [1.29, 1.82) is 0 Å². The molecule has 0 spiro atoms. The number of hydrogen-bond acceptors (Lipinski definition) is 6. The maximum Gasteiger partial charge on any atom is 0.294 e. The first kappa shape index (κ1) is 19.3. The molecule has 1 aliphatic rings. The first-order chi connectivity index (χ1) is 13.9. The highest BCUT2D eigenvalue weighted by Crippen LogP contribution is 2.25. The summed E-state index contributed by atoms with van der Waals surface area (Å²) in [6.45, 7) is 0. The van der Waals surface area contributed by atoms with Gasteiger partial charge in [0.2, 0.25) is 5.95 Å². The van der Waals surface area contributed by atoms with Crippen LogP contribution in [0.25, 0.3) is 11.0 Å². The molecule has 152 valence electrons. The molecule has 1 aliphatic carbocycles. The van der Waals surface area contributed by atoms with E-state index in [0.717, 1.165) is 37.8 Å². The second kappa shape index (κ2) is 7.75. The molecule has 29 heavy (non-hydrogen) atoms. The third-order valence-corrected chi connectivity index (χ3v) is 5.06. The molecule has 0 radical (unpaired) electrons. The Kier molecular flexibility index (Phi) is 5.14. The third-order valence-electron chi connectivity index (χ3n) is 5.06. The van der Waals surface area contributed by atoms with Gasteiger partial charge in [-0.1, -0.05) is 0 Å². The van der Waals surface area contributed by atoms with Crippen molar-refractivity contribution in [1.82, 2.24) is 14.5 Å². The first-order valence-corrected chi connectivity index (χ1v) is 9.35. The number of benzene rings is 1. The molecule has 0 amide bonds. The van der Waals surface area contributed by atoms with Gasteiger partial charge in [-0.2, -0.15) is 4.98 Å². The van der Waals surface area contributed by atoms with Crippen molar-refractivity contribution in [2.75, 3.05) is 5.32 Å². The van der Waals surface area contributed by atoms with Crippen LogP contribution in [0, 0.1) is 11.6 Å². The number of anilines is 1. The fourth-order valence-electron chi connectivity index (χ4n) is 3.44. The number of pyridine rings is 1. The predicted molar refractivity (Wildman–Crippen MR) is 103 cm³/mol. The molecule has 1 aromatic carbocycles. The van der Waals surface area contributed by atoms with Crippen molar-refractivity contribution < 1.29 is 18.6 Å². The Labute approximate surface area is 165 Å². The van der Waals surface area contributed by atoms with Crippen molar-refractivity contribution >= 4 is 17.0 Å². The van der Waals surface area contributed by atoms with Gasteiger partial charge >= 0.3 is 0 Å². The molecule has 4 rings (SSSR count). The molecule has 0 saturated heterocycles. The second-order valence-electron chi connectivity index (χ2n) is 7.17. The summed E-state index contributed by atoms with van der Waals surface area (Å²) in [4.78, 5) is 21.3. The Morgan fingerprint density at radius 3 is 2.66 bits per heavy atom. The number of nitrogens with one attached hydrogen (secondary N) is 1. The molecule has 0 atom stereocenters. The van der Waals surface area contributed by atoms with Crippen molar-refractivity contribution in [3.63, 3.8) is 0 Å². The Bertz CT molecular complexity index is 1110. The standard InChI is InChI=1S/C20H20F2N4O3/c1-26-18-11(10-23-20(25-18)24-13-3-5-14(27)6-4-13)8-17(19(26)28)29-16-7-2-12(21)9-15(16)22/h2,7-10,13-14,27H,3-6H2,1H3,(H,23,24,25)/t13-,14-. The largest absolute Gasteiger partial charge is 0.448 e. The topological polar surface area (TPSA) is 89.3 Å². The van der Waals surface area contributed by atoms with Crippen LogP contribution in [-0.4, -0.2) is 31.8 Å². The minimum absolute atomic E-state index is 0.115. The number of halogens is 2. The van der Waals surface area contributed by atoms with Gasteiger partial charge in [0, 0.05) is 30.7 Å². The lowest BCUT2D eigenvalue weighted by Crippen LogP contribution is -2.29. The van der Waals surface area contributed by atoms with Gasteiger partial charge < -0.3 is 15.2 Å². The normalized spacial score (nSPS) is 19.3. The molecule has 0 bridgehead atoms. The molecule has 1 fully saturated rings. The molecule has 0 aliphatic heterocycles. The smallest absolute Gasteiger partial charge is 0.294 e. The van der Waals surface area contributed by atoms with E-state index in [9.17, 15) is 18.7 Å². The number of rotatable bonds is 4. The number of nitrogens with zero attached hydrogens (tertiary/aromatic N) is 3. The van der Waals surface area contributed by atoms with Crippen molar-refractivity contribution in [2.24, 2.45) is 7.05 Å². The van der Waals surface area contributed by atoms with Crippen molar-refractivity contribution in [3.8, 4) is 11.5 Å². The van der Waals surface area contributed by atoms with Gasteiger partial charge in [-0.05, 0) is 43.9 Å². The summed E-state index contributed by atoms with van der Waals surface area (Å²) in [6.07, 6.45) is 4.38. The minimum atomic E-state index is -0.902. The summed E-state index contributed by atoms with van der Waals surface area (Å²) in [6, 6.07) is 4.46. The van der Waals surface area contributed by atoms with E-state index in [4.69, 9.17) is 4.74 Å². The van der Waals surface area contributed by atoms with Crippen LogP contribution >= 0.6 is 0 Å². The zero-order chi connectivity index (χ0) is 20.5. The van der Waals surface area contributed by atoms with E-state index in [-0.39, 0.29) is 23.6 Å². The van der Waals surface area contributed by atoms with Crippen LogP contribution in [0.15, 0.2) is 35.3 Å². The summed E-state index contributed by atoms with van der Waals surface area (Å²) in [5.41, 5.74) is -0.109. The molecule has 9 heteroatoms. The number of hydrogen-bond donors (Lipinski definition) is 2. The van der Waals surface area contributed by atoms with E-state index in [1.165, 1.54) is 17.7 Å². The van der Waals surface area contributed by atoms with Gasteiger partial charge in [0.1, 0.15) is 11.5 Å². The molecule has 3 aromatic rings. The van der Waals surface area contributed by atoms with Gasteiger partial charge in [-0.3, -0.25) is 9.36 Å². The van der Waals surface area contributed by atoms with Gasteiger partial charge in [0.05, 0.1) is 6.10 Å². The average molecular weight is 402 g/mol. The highest BCUT2D eigenvalue weighted by atomic mass is 19.1. The zero-order valence-electron chi connectivity index (χ0n) is 15.7. The number of aliphatic hydroxyl groups excluding tert-OH is 1. The second-order valence-corrected chi connectivity index (χ2v) is 7.17. The highest BCUT2D eigenvalue weighted by Gasteiger charge is 2.20. The summed E-state index contributed by atoms with van der Waals surface area (Å²) in [7, 11) is 1.53. The lowest BCUT2D eigenvalue weighted by molar-refractivity contribution is 0.126. The van der Waals surface area contributed by atoms with Crippen LogP contribution in [-0.2, 0) is 7.05 Å². The Morgan fingerprint density at radius 2 is 1.93 bits per heavy atom. The van der Waals surface area contributed by atoms with E-state index >= 15 is 0 Å². The van der Waals surface area contributed by atoms with Crippen LogP contribution < -0.4 is 15.6 Å². The van der Waals surface area contributed by atoms with Crippen LogP contribution in [0.3, 0.4) is 0 Å². The lowest BCUT2D eigenvalue weighted by Gasteiger charge is -2.26. The fourth-order valence-corrected chi connectivity index (χ4v) is 3.44. The SMILES string of the molecule is Cn1c(=O)c(Oc2ccc(F)cc2F)cc2cnc(N[C@H]3CC[C@H](O)CC3)nc21. The van der Waals surface area contributed by atoms with E-state index in [0.29, 0.717) is 23.0 Å². The maximum atomic E-state index is 13.9. The summed E-state index contributed by atoms with van der Waals surface area (Å²) in [5.74, 6) is -1.60. The quantitative estimate of drug-likeness (QED) is 0.697. The average Bonchev–Trinajstić information content (AvgIpc) is 2.70. The number of aliphatic hydroxyl groups is 1. The van der Waals surface area contributed by atoms with Gasteiger partial charge in [0.25, 0.3) is 5.56 Å². The van der Waals surface area contributed by atoms with Crippen molar-refractivity contribution in [3.05, 3.63) is 52.5 Å². The molecule has 7 nitrogen and oxygen atoms in total. The molecular weight excluding hydrogens is 382 g/mol. The number of ether oxygens (including phenoxy) is 1. The van der Waals surface area contributed by atoms with Crippen LogP contribution in [0.1, 0.15) is 25.7 Å². The van der Waals surface area contributed by atoms with Crippen LogP contribution in [0.5, 0.6) is 11.5 Å². The van der Waals surface area contributed by atoms with Crippen molar-refractivity contribution in [2.45, 2.75) is 37.8 Å². The highest BCUT2D eigenvalue weighted by molar-refractivity contribution is 5.76. The Balaban J connectivity index is 1.62. The maximum absolute atomic E-state index is 13.9. The van der Waals surface area contributed by atoms with Gasteiger partial charge in [-0.15, -0.1) is 0 Å². The summed E-state index contributed by atoms with van der Waals surface area (Å²) < 4.78 is 33.6. The molecule has 2 heterocycles. The first-order valence-electron chi connectivity index (χ1n) is 9.35. The third kappa shape index (κ3) is 4.04. The number of aryl methyl sites for hydroxylation is 1. The zero-order valence-corrected chi connectivity index (χ0v) is 15.7. The monoisotopic (exact) mass is 402 g/mol. The number of fused-ring (bicyclic) bond motifs is 1.